The summed E-state index contributed by atoms with van der Waals surface area (Å²) in [5, 5.41) is 8.68. The van der Waals surface area contributed by atoms with Gasteiger partial charge in [-0.05, 0) is 12.0 Å². The molecule has 0 aliphatic heterocycles. The molecular weight excluding hydrogens is 112 g/mol. The third-order valence-corrected chi connectivity index (χ3v) is 0.914. The van der Waals surface area contributed by atoms with Crippen LogP contribution in [-0.4, -0.2) is 11.7 Å². The van der Waals surface area contributed by atoms with E-state index in [-0.39, 0.29) is 42.8 Å². The fourth-order valence-electron chi connectivity index (χ4n) is 0.513. The minimum absolute atomic E-state index is 0.0791. The van der Waals surface area contributed by atoms with Crippen LogP contribution in [0, 0.1) is 0 Å². The number of aliphatic hydroxyl groups is 1. The lowest BCUT2D eigenvalue weighted by molar-refractivity contribution is 0.299. The maximum absolute atomic E-state index is 8.68. The Labute approximate surface area is 62.0 Å². The Bertz CT molecular complexity index is 334. The molecule has 1 heteroatoms. The average Bonchev–Trinajstić information content (AvgIpc) is 2.19. The quantitative estimate of drug-likeness (QED) is 0.633. The Balaban J connectivity index is 3.43. The third kappa shape index (κ3) is 1.86. The van der Waals surface area contributed by atoms with Gasteiger partial charge in [0.2, 0.25) is 0 Å². The summed E-state index contributed by atoms with van der Waals surface area (Å²) in [6.07, 6.45) is 0.0791. The summed E-state index contributed by atoms with van der Waals surface area (Å²) in [5.41, 5.74) is 0.165. The molecule has 1 rings (SSSR count). The molecule has 0 spiro atoms. The molecule has 0 bridgehead atoms. The van der Waals surface area contributed by atoms with Crippen molar-refractivity contribution in [2.24, 2.45) is 0 Å². The van der Waals surface area contributed by atoms with Gasteiger partial charge in [-0.3, -0.25) is 0 Å². The van der Waals surface area contributed by atoms with Crippen LogP contribution in [0.3, 0.4) is 0 Å². The molecule has 0 atom stereocenters. The van der Waals surface area contributed by atoms with Crippen molar-refractivity contribution in [2.45, 2.75) is 6.42 Å². The smallest absolute Gasteiger partial charge is 0.0626 e. The molecular formula is C8H10O. The molecule has 0 aromatic heterocycles. The molecule has 1 N–H and O–H groups in total. The van der Waals surface area contributed by atoms with Crippen LogP contribution >= 0.6 is 0 Å². The van der Waals surface area contributed by atoms with E-state index in [1.165, 1.54) is 0 Å². The second-order valence-electron chi connectivity index (χ2n) is 1.58. The van der Waals surface area contributed by atoms with Gasteiger partial charge in [0.1, 0.15) is 0 Å². The van der Waals surface area contributed by atoms with E-state index in [1.54, 1.807) is 0 Å². The Morgan fingerprint density at radius 1 is 1.33 bits per heavy atom. The van der Waals surface area contributed by atoms with E-state index in [0.717, 1.165) is 0 Å². The number of aliphatic hydroxyl groups excluding tert-OH is 1. The molecule has 1 aromatic rings. The van der Waals surface area contributed by atoms with E-state index in [9.17, 15) is 0 Å². The number of hydrogen-bond acceptors (Lipinski definition) is 1. The van der Waals surface area contributed by atoms with Crippen molar-refractivity contribution in [1.82, 2.24) is 0 Å². The highest BCUT2D eigenvalue weighted by Gasteiger charge is 1.85. The monoisotopic (exact) mass is 127 g/mol. The highest BCUT2D eigenvalue weighted by Crippen LogP contribution is 1.97. The van der Waals surface area contributed by atoms with Crippen LogP contribution in [0.4, 0.5) is 0 Å². The average molecular weight is 127 g/mol. The zero-order chi connectivity index (χ0) is 10.9. The first kappa shape index (κ1) is 2.43. The van der Waals surface area contributed by atoms with Gasteiger partial charge in [-0.15, -0.1) is 0 Å². The van der Waals surface area contributed by atoms with Gasteiger partial charge in [-0.2, -0.15) is 0 Å². The van der Waals surface area contributed by atoms with Gasteiger partial charge in [0.25, 0.3) is 0 Å². The van der Waals surface area contributed by atoms with Crippen molar-refractivity contribution < 1.29 is 12.0 Å². The normalized spacial score (nSPS) is 17.2. The summed E-state index contributed by atoms with van der Waals surface area (Å²) in [5.74, 6) is 0. The maximum Gasteiger partial charge on any atom is 0.0626 e. The van der Waals surface area contributed by atoms with Crippen molar-refractivity contribution in [3.8, 4) is 0 Å². The first-order valence-electron chi connectivity index (χ1n) is 5.17. The van der Waals surface area contributed by atoms with Crippen LogP contribution in [0.25, 0.3) is 0 Å². The second-order valence-corrected chi connectivity index (χ2v) is 1.58. The molecule has 0 amide bonds. The lowest BCUT2D eigenvalue weighted by atomic mass is 10.2. The summed E-state index contributed by atoms with van der Waals surface area (Å²) in [7, 11) is 0. The Kier molecular flexibility index (Phi) is 0.878. The minimum Gasteiger partial charge on any atom is -0.396 e. The van der Waals surface area contributed by atoms with Crippen molar-refractivity contribution in [3.63, 3.8) is 0 Å². The zero-order valence-corrected chi connectivity index (χ0v) is 4.86. The number of hydrogen-bond donors (Lipinski definition) is 1. The topological polar surface area (TPSA) is 20.2 Å². The van der Waals surface area contributed by atoms with Gasteiger partial charge in [-0.25, -0.2) is 0 Å². The zero-order valence-electron chi connectivity index (χ0n) is 9.86. The molecule has 0 radical (unpaired) electrons. The van der Waals surface area contributed by atoms with Gasteiger partial charge in [0.15, 0.2) is 0 Å². The first-order valence-corrected chi connectivity index (χ1v) is 2.67. The van der Waals surface area contributed by atoms with E-state index < -0.39 is 6.04 Å². The van der Waals surface area contributed by atoms with Crippen molar-refractivity contribution in [3.05, 3.63) is 35.8 Å². The van der Waals surface area contributed by atoms with Crippen molar-refractivity contribution in [1.29, 1.82) is 0 Å². The summed E-state index contributed by atoms with van der Waals surface area (Å²) < 4.78 is 36.9. The van der Waals surface area contributed by atoms with E-state index in [0.29, 0.717) is 0 Å². The maximum atomic E-state index is 8.68. The van der Waals surface area contributed by atoms with Crippen LogP contribution in [-0.2, 0) is 6.42 Å². The fourth-order valence-corrected chi connectivity index (χ4v) is 0.513. The molecule has 48 valence electrons. The van der Waals surface area contributed by atoms with Crippen molar-refractivity contribution >= 4 is 0 Å². The van der Waals surface area contributed by atoms with E-state index in [1.807, 2.05) is 0 Å². The van der Waals surface area contributed by atoms with Gasteiger partial charge >= 0.3 is 0 Å². The van der Waals surface area contributed by atoms with Gasteiger partial charge in [0.05, 0.1) is 6.85 Å². The summed E-state index contributed by atoms with van der Waals surface area (Å²) in [6.45, 7) is -0.228. The van der Waals surface area contributed by atoms with E-state index >= 15 is 0 Å². The molecule has 1 nitrogen and oxygen atoms in total. The predicted octanol–water partition coefficient (Wildman–Crippen LogP) is 1.22. The van der Waals surface area contributed by atoms with Crippen LogP contribution in [0.2, 0.25) is 0 Å². The molecule has 0 aliphatic carbocycles. The van der Waals surface area contributed by atoms with Crippen LogP contribution in [0.1, 0.15) is 12.4 Å². The highest BCUT2D eigenvalue weighted by molar-refractivity contribution is 5.14. The molecule has 0 heterocycles. The van der Waals surface area contributed by atoms with E-state index in [2.05, 4.69) is 0 Å². The second kappa shape index (κ2) is 3.25. The predicted molar refractivity (Wildman–Crippen MR) is 37.2 cm³/mol. The molecule has 1 aromatic carbocycles. The van der Waals surface area contributed by atoms with Crippen molar-refractivity contribution in [2.75, 3.05) is 6.61 Å². The molecule has 9 heavy (non-hydrogen) atoms. The lowest BCUT2D eigenvalue weighted by Gasteiger charge is -1.93. The molecule has 0 saturated heterocycles. The summed E-state index contributed by atoms with van der Waals surface area (Å²) in [6, 6.07) is -1.57. The SMILES string of the molecule is [2H]c1c([2H])c([2H])c(CCO)c([2H])c1[2H]. The Morgan fingerprint density at radius 3 is 2.56 bits per heavy atom. The Hall–Kier alpha value is -0.820. The largest absolute Gasteiger partial charge is 0.396 e. The lowest BCUT2D eigenvalue weighted by Crippen LogP contribution is -1.88. The van der Waals surface area contributed by atoms with Crippen LogP contribution in [0.5, 0.6) is 0 Å². The summed E-state index contributed by atoms with van der Waals surface area (Å²) >= 11 is 0. The van der Waals surface area contributed by atoms with Gasteiger partial charge in [-0.1, -0.05) is 30.2 Å². The van der Waals surface area contributed by atoms with E-state index in [4.69, 9.17) is 12.0 Å². The molecule has 0 fully saturated rings. The highest BCUT2D eigenvalue weighted by atomic mass is 16.2. The first-order chi connectivity index (χ1) is 6.50. The molecule has 0 aliphatic rings. The molecule has 0 saturated carbocycles. The minimum atomic E-state index is -0.401. The fraction of sp³-hybridized carbons (Fsp3) is 0.250. The number of rotatable bonds is 2. The standard InChI is InChI=1S/C8H10O/c9-7-6-8-4-2-1-3-5-8/h1-5,9H,6-7H2/i1D,2D,3D,4D,5D. The third-order valence-electron chi connectivity index (χ3n) is 0.914. The Morgan fingerprint density at radius 2 is 2.00 bits per heavy atom. The molecule has 0 unspecified atom stereocenters. The summed E-state index contributed by atoms with van der Waals surface area (Å²) in [4.78, 5) is 0. The number of benzene rings is 1. The van der Waals surface area contributed by atoms with Gasteiger partial charge in [0, 0.05) is 6.61 Å². The van der Waals surface area contributed by atoms with Gasteiger partial charge < -0.3 is 5.11 Å². The van der Waals surface area contributed by atoms with Crippen LogP contribution < -0.4 is 0 Å². The van der Waals surface area contributed by atoms with Crippen LogP contribution in [0.15, 0.2) is 30.2 Å².